The van der Waals surface area contributed by atoms with Crippen molar-refractivity contribution >= 4 is 29.9 Å². The van der Waals surface area contributed by atoms with E-state index in [1.807, 2.05) is 24.5 Å². The number of halogens is 1. The Balaban J connectivity index is 0.00000341. The topological polar surface area (TPSA) is 80.3 Å². The first-order valence-corrected chi connectivity index (χ1v) is 10.7. The van der Waals surface area contributed by atoms with Crippen LogP contribution in [0.5, 0.6) is 0 Å². The zero-order valence-electron chi connectivity index (χ0n) is 18.5. The fraction of sp³-hybridized carbons (Fsp3) is 0.435. The van der Waals surface area contributed by atoms with Gasteiger partial charge < -0.3 is 19.7 Å². The lowest BCUT2D eigenvalue weighted by Crippen LogP contribution is -2.36. The highest BCUT2D eigenvalue weighted by Crippen LogP contribution is 2.22. The Morgan fingerprint density at radius 3 is 2.58 bits per heavy atom. The number of rotatable bonds is 10. The van der Waals surface area contributed by atoms with E-state index in [0.29, 0.717) is 25.0 Å². The molecule has 0 radical (unpaired) electrons. The highest BCUT2D eigenvalue weighted by Gasteiger charge is 2.13. The predicted molar refractivity (Wildman–Crippen MR) is 135 cm³/mol. The van der Waals surface area contributed by atoms with Gasteiger partial charge in [0, 0.05) is 38.0 Å². The van der Waals surface area contributed by atoms with Gasteiger partial charge in [0.2, 0.25) is 0 Å². The molecule has 0 amide bonds. The average molecular weight is 536 g/mol. The summed E-state index contributed by atoms with van der Waals surface area (Å²) in [6.45, 7) is 6.38. The quantitative estimate of drug-likeness (QED) is 0.227. The molecule has 31 heavy (non-hydrogen) atoms. The molecule has 0 aliphatic heterocycles. The van der Waals surface area contributed by atoms with Crippen molar-refractivity contribution < 1.29 is 4.52 Å². The molecule has 3 aromatic rings. The molecule has 2 N–H and O–H groups in total. The minimum Gasteiger partial charge on any atom is -0.359 e. The van der Waals surface area contributed by atoms with Crippen LogP contribution in [0.4, 0.5) is 0 Å². The Labute approximate surface area is 201 Å². The number of hydrogen-bond donors (Lipinski definition) is 2. The van der Waals surface area contributed by atoms with Crippen molar-refractivity contribution in [2.75, 3.05) is 7.05 Å². The summed E-state index contributed by atoms with van der Waals surface area (Å²) >= 11 is 0. The van der Waals surface area contributed by atoms with Gasteiger partial charge in [0.15, 0.2) is 11.7 Å². The molecule has 2 heterocycles. The Morgan fingerprint density at radius 1 is 1.13 bits per heavy atom. The Hall–Kier alpha value is -2.36. The summed E-state index contributed by atoms with van der Waals surface area (Å²) in [4.78, 5) is 8.78. The van der Waals surface area contributed by atoms with Gasteiger partial charge >= 0.3 is 0 Å². The molecule has 0 fully saturated rings. The molecular weight excluding hydrogens is 503 g/mol. The van der Waals surface area contributed by atoms with E-state index in [-0.39, 0.29) is 24.0 Å². The highest BCUT2D eigenvalue weighted by molar-refractivity contribution is 14.0. The third kappa shape index (κ3) is 7.37. The van der Waals surface area contributed by atoms with Gasteiger partial charge in [-0.05, 0) is 24.8 Å². The van der Waals surface area contributed by atoms with Gasteiger partial charge in [-0.15, -0.1) is 24.0 Å². The van der Waals surface area contributed by atoms with Crippen LogP contribution in [-0.2, 0) is 26.1 Å². The maximum atomic E-state index is 5.48. The van der Waals surface area contributed by atoms with Crippen molar-refractivity contribution in [2.24, 2.45) is 4.99 Å². The first-order valence-electron chi connectivity index (χ1n) is 10.7. The van der Waals surface area contributed by atoms with E-state index < -0.39 is 0 Å². The summed E-state index contributed by atoms with van der Waals surface area (Å²) < 4.78 is 7.65. The predicted octanol–water partition coefficient (Wildman–Crippen LogP) is 4.50. The molecule has 168 valence electrons. The van der Waals surface area contributed by atoms with Crippen LogP contribution >= 0.6 is 24.0 Å². The van der Waals surface area contributed by atoms with Crippen LogP contribution < -0.4 is 10.6 Å². The zero-order chi connectivity index (χ0) is 21.2. The molecule has 8 heteroatoms. The number of benzene rings is 1. The van der Waals surface area contributed by atoms with Gasteiger partial charge in [0.05, 0.1) is 18.8 Å². The van der Waals surface area contributed by atoms with E-state index in [0.717, 1.165) is 43.1 Å². The first-order chi connectivity index (χ1) is 14.7. The fourth-order valence-corrected chi connectivity index (χ4v) is 3.47. The average Bonchev–Trinajstić information content (AvgIpc) is 3.44. The molecule has 0 saturated carbocycles. The number of aliphatic imine (C=N–C) groups is 1. The van der Waals surface area contributed by atoms with Gasteiger partial charge in [-0.2, -0.15) is 0 Å². The molecular formula is C23H33IN6O. The van der Waals surface area contributed by atoms with Crippen LogP contribution in [0.1, 0.15) is 55.4 Å². The fourth-order valence-electron chi connectivity index (χ4n) is 3.47. The summed E-state index contributed by atoms with van der Waals surface area (Å²) in [6.07, 6.45) is 6.96. The number of aromatic nitrogens is 3. The minimum atomic E-state index is 0. The van der Waals surface area contributed by atoms with Crippen LogP contribution in [0.25, 0.3) is 0 Å². The lowest BCUT2D eigenvalue weighted by molar-refractivity contribution is 0.368. The van der Waals surface area contributed by atoms with Crippen molar-refractivity contribution in [1.29, 1.82) is 0 Å². The normalized spacial score (nSPS) is 11.4. The van der Waals surface area contributed by atoms with E-state index in [1.54, 1.807) is 7.05 Å². The van der Waals surface area contributed by atoms with E-state index in [1.165, 1.54) is 5.56 Å². The van der Waals surface area contributed by atoms with Gasteiger partial charge in [-0.3, -0.25) is 4.99 Å². The molecule has 3 rings (SSSR count). The number of hydrogen-bond acceptors (Lipinski definition) is 4. The van der Waals surface area contributed by atoms with Crippen LogP contribution in [0.2, 0.25) is 0 Å². The van der Waals surface area contributed by atoms with Crippen molar-refractivity contribution in [3.05, 3.63) is 71.6 Å². The summed E-state index contributed by atoms with van der Waals surface area (Å²) in [5.41, 5.74) is 2.35. The van der Waals surface area contributed by atoms with Gasteiger partial charge in [-0.25, -0.2) is 4.98 Å². The molecule has 7 nitrogen and oxygen atoms in total. The molecule has 0 saturated heterocycles. The van der Waals surface area contributed by atoms with Crippen LogP contribution in [0.15, 0.2) is 58.3 Å². The zero-order valence-corrected chi connectivity index (χ0v) is 20.9. The smallest absolute Gasteiger partial charge is 0.191 e. The second-order valence-electron chi connectivity index (χ2n) is 7.28. The van der Waals surface area contributed by atoms with E-state index in [9.17, 15) is 0 Å². The second kappa shape index (κ2) is 13.1. The number of guanidine groups is 1. The molecule has 0 bridgehead atoms. The van der Waals surface area contributed by atoms with E-state index in [4.69, 9.17) is 4.52 Å². The van der Waals surface area contributed by atoms with Crippen LogP contribution in [0, 0.1) is 0 Å². The number of imidazole rings is 1. The van der Waals surface area contributed by atoms with Crippen molar-refractivity contribution in [3.8, 4) is 0 Å². The molecule has 2 aromatic heterocycles. The van der Waals surface area contributed by atoms with Crippen LogP contribution in [-0.4, -0.2) is 27.7 Å². The van der Waals surface area contributed by atoms with E-state index in [2.05, 4.69) is 68.4 Å². The molecule has 0 atom stereocenters. The Morgan fingerprint density at radius 2 is 1.87 bits per heavy atom. The van der Waals surface area contributed by atoms with Gasteiger partial charge in [0.1, 0.15) is 5.82 Å². The van der Waals surface area contributed by atoms with E-state index >= 15 is 0 Å². The summed E-state index contributed by atoms with van der Waals surface area (Å²) in [5, 5.41) is 10.8. The highest BCUT2D eigenvalue weighted by atomic mass is 127. The molecule has 0 aliphatic rings. The molecule has 0 aliphatic carbocycles. The summed E-state index contributed by atoms with van der Waals surface area (Å²) in [6, 6.07) is 12.5. The van der Waals surface area contributed by atoms with Crippen LogP contribution in [0.3, 0.4) is 0 Å². The largest absolute Gasteiger partial charge is 0.359 e. The molecule has 0 unspecified atom stereocenters. The number of nitrogens with one attached hydrogen (secondary N) is 2. The maximum Gasteiger partial charge on any atom is 0.191 e. The van der Waals surface area contributed by atoms with Crippen molar-refractivity contribution in [2.45, 2.75) is 58.7 Å². The second-order valence-corrected chi connectivity index (χ2v) is 7.28. The van der Waals surface area contributed by atoms with Crippen molar-refractivity contribution in [1.82, 2.24) is 25.3 Å². The van der Waals surface area contributed by atoms with Gasteiger partial charge in [-0.1, -0.05) is 49.3 Å². The Bertz CT molecular complexity index is 917. The lowest BCUT2D eigenvalue weighted by atomic mass is 9.99. The summed E-state index contributed by atoms with van der Waals surface area (Å²) in [5.74, 6) is 2.94. The molecule has 1 aromatic carbocycles. The minimum absolute atomic E-state index is 0. The standard InChI is InChI=1S/C23H32N6O.HI/c1-4-19(5-2)21-15-20(30-28-21)16-26-23(24-3)27-17-22-25-12-14-29(22)13-11-18-9-7-6-8-10-18;/h6-10,12,14-15,19H,4-5,11,13,16-17H2,1-3H3,(H2,24,26,27);1H. The van der Waals surface area contributed by atoms with Crippen molar-refractivity contribution in [3.63, 3.8) is 0 Å². The Kier molecular flexibility index (Phi) is 10.6. The third-order valence-electron chi connectivity index (χ3n) is 5.33. The first kappa shape index (κ1) is 24.9. The maximum absolute atomic E-state index is 5.48. The monoisotopic (exact) mass is 536 g/mol. The SMILES string of the molecule is CCC(CC)c1cc(CNC(=NC)NCc2nccn2CCc2ccccc2)on1.I. The molecule has 0 spiro atoms. The number of nitrogens with zero attached hydrogens (tertiary/aromatic N) is 4. The third-order valence-corrected chi connectivity index (χ3v) is 5.33. The lowest BCUT2D eigenvalue weighted by Gasteiger charge is -2.12. The number of aryl methyl sites for hydroxylation is 2. The summed E-state index contributed by atoms with van der Waals surface area (Å²) in [7, 11) is 1.76. The van der Waals surface area contributed by atoms with Gasteiger partial charge in [0.25, 0.3) is 0 Å².